The first-order valence-electron chi connectivity index (χ1n) is 6.80. The summed E-state index contributed by atoms with van der Waals surface area (Å²) >= 11 is 0. The Bertz CT molecular complexity index is 678. The molecule has 0 bridgehead atoms. The molecule has 1 aliphatic heterocycles. The van der Waals surface area contributed by atoms with Crippen LogP contribution < -0.4 is 9.47 Å². The van der Waals surface area contributed by atoms with Crippen LogP contribution in [-0.4, -0.2) is 36.5 Å². The Morgan fingerprint density at radius 1 is 1.48 bits per heavy atom. The SMILES string of the molecule is CCOC(=O)c1[nH]nc2c1CCOc1ccc(OC)cc1-2. The minimum atomic E-state index is -0.391. The van der Waals surface area contributed by atoms with Crippen LogP contribution in [0.15, 0.2) is 18.2 Å². The molecule has 0 spiro atoms. The second-order valence-electron chi connectivity index (χ2n) is 4.61. The number of ether oxygens (including phenoxy) is 3. The monoisotopic (exact) mass is 288 g/mol. The number of carbonyl (C=O) groups excluding carboxylic acids is 1. The van der Waals surface area contributed by atoms with Crippen molar-refractivity contribution in [3.63, 3.8) is 0 Å². The van der Waals surface area contributed by atoms with E-state index in [1.54, 1.807) is 14.0 Å². The van der Waals surface area contributed by atoms with E-state index in [4.69, 9.17) is 14.2 Å². The van der Waals surface area contributed by atoms with E-state index in [0.717, 1.165) is 16.9 Å². The molecule has 0 amide bonds. The van der Waals surface area contributed by atoms with E-state index in [2.05, 4.69) is 10.2 Å². The molecule has 1 aromatic carbocycles. The summed E-state index contributed by atoms with van der Waals surface area (Å²) in [5, 5.41) is 7.06. The fourth-order valence-corrected chi connectivity index (χ4v) is 2.41. The molecule has 2 aromatic rings. The third-order valence-electron chi connectivity index (χ3n) is 3.40. The Hall–Kier alpha value is -2.50. The summed E-state index contributed by atoms with van der Waals surface area (Å²) in [5.41, 5.74) is 2.74. The van der Waals surface area contributed by atoms with Gasteiger partial charge in [0.2, 0.25) is 0 Å². The van der Waals surface area contributed by atoms with Crippen LogP contribution in [0.1, 0.15) is 23.0 Å². The molecular formula is C15H16N2O4. The van der Waals surface area contributed by atoms with Gasteiger partial charge in [-0.2, -0.15) is 5.10 Å². The predicted molar refractivity (Wildman–Crippen MR) is 75.7 cm³/mol. The number of aromatic amines is 1. The number of carbonyl (C=O) groups is 1. The second kappa shape index (κ2) is 5.47. The number of nitrogens with zero attached hydrogens (tertiary/aromatic N) is 1. The highest BCUT2D eigenvalue weighted by atomic mass is 16.5. The molecule has 2 heterocycles. The van der Waals surface area contributed by atoms with Gasteiger partial charge in [-0.15, -0.1) is 0 Å². The van der Waals surface area contributed by atoms with Gasteiger partial charge < -0.3 is 14.2 Å². The summed E-state index contributed by atoms with van der Waals surface area (Å²) < 4.78 is 16.0. The lowest BCUT2D eigenvalue weighted by Crippen LogP contribution is -2.09. The Morgan fingerprint density at radius 2 is 2.33 bits per heavy atom. The van der Waals surface area contributed by atoms with Gasteiger partial charge in [0.25, 0.3) is 0 Å². The summed E-state index contributed by atoms with van der Waals surface area (Å²) in [6.07, 6.45) is 0.594. The van der Waals surface area contributed by atoms with Crippen molar-refractivity contribution < 1.29 is 19.0 Å². The molecule has 6 nitrogen and oxygen atoms in total. The molecule has 1 N–H and O–H groups in total. The molecule has 0 saturated heterocycles. The van der Waals surface area contributed by atoms with Crippen LogP contribution in [0.2, 0.25) is 0 Å². The summed E-state index contributed by atoms with van der Waals surface area (Å²) in [6, 6.07) is 5.54. The van der Waals surface area contributed by atoms with E-state index < -0.39 is 5.97 Å². The molecule has 21 heavy (non-hydrogen) atoms. The van der Waals surface area contributed by atoms with E-state index in [0.29, 0.717) is 36.8 Å². The van der Waals surface area contributed by atoms with Gasteiger partial charge in [-0.25, -0.2) is 4.79 Å². The molecule has 0 saturated carbocycles. The van der Waals surface area contributed by atoms with E-state index in [1.165, 1.54) is 0 Å². The quantitative estimate of drug-likeness (QED) is 0.876. The van der Waals surface area contributed by atoms with Crippen molar-refractivity contribution in [2.75, 3.05) is 20.3 Å². The molecule has 0 radical (unpaired) electrons. The minimum absolute atomic E-state index is 0.327. The largest absolute Gasteiger partial charge is 0.497 e. The topological polar surface area (TPSA) is 73.4 Å². The molecule has 0 fully saturated rings. The fraction of sp³-hybridized carbons (Fsp3) is 0.333. The maximum atomic E-state index is 12.0. The number of esters is 1. The molecule has 110 valence electrons. The number of benzene rings is 1. The number of fused-ring (bicyclic) bond motifs is 3. The van der Waals surface area contributed by atoms with Crippen molar-refractivity contribution in [1.82, 2.24) is 10.2 Å². The van der Waals surface area contributed by atoms with Crippen LogP contribution in [0.25, 0.3) is 11.3 Å². The van der Waals surface area contributed by atoms with Crippen molar-refractivity contribution in [3.05, 3.63) is 29.5 Å². The van der Waals surface area contributed by atoms with Gasteiger partial charge in [0.1, 0.15) is 22.9 Å². The number of hydrogen-bond acceptors (Lipinski definition) is 5. The van der Waals surface area contributed by atoms with Crippen LogP contribution in [-0.2, 0) is 11.2 Å². The van der Waals surface area contributed by atoms with Crippen molar-refractivity contribution in [2.24, 2.45) is 0 Å². The van der Waals surface area contributed by atoms with Crippen molar-refractivity contribution in [1.29, 1.82) is 0 Å². The third-order valence-corrected chi connectivity index (χ3v) is 3.40. The highest BCUT2D eigenvalue weighted by Crippen LogP contribution is 2.37. The van der Waals surface area contributed by atoms with Crippen LogP contribution in [0.5, 0.6) is 11.5 Å². The Balaban J connectivity index is 2.10. The van der Waals surface area contributed by atoms with Gasteiger partial charge >= 0.3 is 5.97 Å². The smallest absolute Gasteiger partial charge is 0.356 e. The summed E-state index contributed by atoms with van der Waals surface area (Å²) in [4.78, 5) is 12.0. The lowest BCUT2D eigenvalue weighted by molar-refractivity contribution is 0.0518. The molecule has 0 aliphatic carbocycles. The minimum Gasteiger partial charge on any atom is -0.497 e. The number of H-pyrrole nitrogens is 1. The van der Waals surface area contributed by atoms with Crippen LogP contribution in [0, 0.1) is 0 Å². The van der Waals surface area contributed by atoms with Gasteiger partial charge in [0, 0.05) is 17.5 Å². The Morgan fingerprint density at radius 3 is 3.10 bits per heavy atom. The number of aromatic nitrogens is 2. The predicted octanol–water partition coefficient (Wildman–Crippen LogP) is 2.20. The fourth-order valence-electron chi connectivity index (χ4n) is 2.41. The zero-order chi connectivity index (χ0) is 14.8. The van der Waals surface area contributed by atoms with Crippen molar-refractivity contribution in [3.8, 4) is 22.8 Å². The van der Waals surface area contributed by atoms with E-state index in [1.807, 2.05) is 18.2 Å². The number of hydrogen-bond donors (Lipinski definition) is 1. The molecule has 3 rings (SSSR count). The first kappa shape index (κ1) is 13.5. The van der Waals surface area contributed by atoms with Crippen LogP contribution in [0.4, 0.5) is 0 Å². The van der Waals surface area contributed by atoms with Crippen molar-refractivity contribution >= 4 is 5.97 Å². The summed E-state index contributed by atoms with van der Waals surface area (Å²) in [7, 11) is 1.61. The van der Waals surface area contributed by atoms with Gasteiger partial charge in [-0.3, -0.25) is 5.10 Å². The molecule has 1 aliphatic rings. The first-order chi connectivity index (χ1) is 10.2. The average Bonchev–Trinajstić information content (AvgIpc) is 2.83. The average molecular weight is 288 g/mol. The van der Waals surface area contributed by atoms with Crippen molar-refractivity contribution in [2.45, 2.75) is 13.3 Å². The molecule has 1 aromatic heterocycles. The zero-order valence-corrected chi connectivity index (χ0v) is 11.9. The van der Waals surface area contributed by atoms with Gasteiger partial charge in [0.05, 0.1) is 20.3 Å². The Kier molecular flexibility index (Phi) is 3.51. The number of methoxy groups -OCH3 is 1. The molecule has 0 unspecified atom stereocenters. The van der Waals surface area contributed by atoms with Gasteiger partial charge in [-0.1, -0.05) is 0 Å². The number of nitrogens with one attached hydrogen (secondary N) is 1. The molecule has 6 heteroatoms. The van der Waals surface area contributed by atoms with Gasteiger partial charge in [-0.05, 0) is 25.1 Å². The summed E-state index contributed by atoms with van der Waals surface area (Å²) in [6.45, 7) is 2.59. The lowest BCUT2D eigenvalue weighted by atomic mass is 10.0. The summed E-state index contributed by atoms with van der Waals surface area (Å²) in [5.74, 6) is 1.06. The second-order valence-corrected chi connectivity index (χ2v) is 4.61. The van der Waals surface area contributed by atoms with E-state index in [-0.39, 0.29) is 0 Å². The number of rotatable bonds is 3. The van der Waals surface area contributed by atoms with Crippen LogP contribution in [0.3, 0.4) is 0 Å². The third kappa shape index (κ3) is 2.33. The van der Waals surface area contributed by atoms with Crippen LogP contribution >= 0.6 is 0 Å². The molecular weight excluding hydrogens is 272 g/mol. The standard InChI is InChI=1S/C15H16N2O4/c1-3-20-15(18)14-10-6-7-21-12-5-4-9(19-2)8-11(12)13(10)16-17-14/h4-5,8H,3,6-7H2,1-2H3,(H,16,17). The lowest BCUT2D eigenvalue weighted by Gasteiger charge is -2.08. The van der Waals surface area contributed by atoms with Gasteiger partial charge in [0.15, 0.2) is 0 Å². The van der Waals surface area contributed by atoms with E-state index in [9.17, 15) is 4.79 Å². The maximum Gasteiger partial charge on any atom is 0.356 e. The normalized spacial score (nSPS) is 12.7. The molecule has 0 atom stereocenters. The highest BCUT2D eigenvalue weighted by molar-refractivity contribution is 5.92. The maximum absolute atomic E-state index is 12.0. The van der Waals surface area contributed by atoms with E-state index >= 15 is 0 Å². The zero-order valence-electron chi connectivity index (χ0n) is 11.9. The Labute approximate surface area is 122 Å². The highest BCUT2D eigenvalue weighted by Gasteiger charge is 2.25. The first-order valence-corrected chi connectivity index (χ1v) is 6.80.